The minimum Gasteiger partial charge on any atom is -0.491 e. The highest BCUT2D eigenvalue weighted by Gasteiger charge is 2.13. The lowest BCUT2D eigenvalue weighted by Gasteiger charge is -2.18. The van der Waals surface area contributed by atoms with E-state index in [0.29, 0.717) is 21.3 Å². The van der Waals surface area contributed by atoms with Crippen molar-refractivity contribution in [2.75, 3.05) is 6.61 Å². The molecule has 0 amide bonds. The Morgan fingerprint density at radius 3 is 2.58 bits per heavy atom. The molecule has 0 radical (unpaired) electrons. The number of unbranched alkanes of at least 4 members (excludes halogenated alkanes) is 1. The van der Waals surface area contributed by atoms with E-state index in [-0.39, 0.29) is 0 Å². The number of rotatable bonds is 8. The van der Waals surface area contributed by atoms with E-state index < -0.39 is 0 Å². The summed E-state index contributed by atoms with van der Waals surface area (Å²) in [6.07, 6.45) is 4.82. The van der Waals surface area contributed by atoms with Gasteiger partial charge in [0.2, 0.25) is 0 Å². The number of halogens is 3. The second-order valence-electron chi connectivity index (χ2n) is 4.74. The van der Waals surface area contributed by atoms with Crippen molar-refractivity contribution in [3.63, 3.8) is 0 Å². The maximum absolute atomic E-state index is 6.21. The van der Waals surface area contributed by atoms with Crippen molar-refractivity contribution in [3.05, 3.63) is 27.7 Å². The van der Waals surface area contributed by atoms with Crippen LogP contribution in [-0.2, 0) is 5.33 Å². The van der Waals surface area contributed by atoms with Crippen molar-refractivity contribution in [1.29, 1.82) is 0 Å². The van der Waals surface area contributed by atoms with Gasteiger partial charge in [-0.3, -0.25) is 0 Å². The van der Waals surface area contributed by atoms with Gasteiger partial charge in [0.25, 0.3) is 0 Å². The molecule has 0 aromatic heterocycles. The molecule has 1 nitrogen and oxygen atoms in total. The maximum Gasteiger partial charge on any atom is 0.142 e. The van der Waals surface area contributed by atoms with E-state index in [4.69, 9.17) is 27.9 Å². The van der Waals surface area contributed by atoms with Crippen molar-refractivity contribution < 1.29 is 4.74 Å². The van der Waals surface area contributed by atoms with Crippen molar-refractivity contribution >= 4 is 39.1 Å². The van der Waals surface area contributed by atoms with E-state index in [1.54, 1.807) is 6.07 Å². The lowest BCUT2D eigenvalue weighted by molar-refractivity contribution is 0.232. The molecule has 0 fully saturated rings. The number of alkyl halides is 1. The highest BCUT2D eigenvalue weighted by Crippen LogP contribution is 2.34. The molecule has 0 heterocycles. The number of benzene rings is 1. The molecule has 1 aromatic rings. The van der Waals surface area contributed by atoms with Crippen LogP contribution in [0.4, 0.5) is 0 Å². The molecule has 0 bridgehead atoms. The fraction of sp³-hybridized carbons (Fsp3) is 0.600. The van der Waals surface area contributed by atoms with E-state index in [1.807, 2.05) is 6.07 Å². The average Bonchev–Trinajstić information content (AvgIpc) is 2.40. The van der Waals surface area contributed by atoms with Gasteiger partial charge < -0.3 is 4.74 Å². The highest BCUT2D eigenvalue weighted by atomic mass is 79.9. The first-order chi connectivity index (χ1) is 9.12. The Morgan fingerprint density at radius 1 is 1.26 bits per heavy atom. The third-order valence-corrected chi connectivity index (χ3v) is 4.34. The van der Waals surface area contributed by atoms with Gasteiger partial charge in [-0.05, 0) is 24.5 Å². The predicted octanol–water partition coefficient (Wildman–Crippen LogP) is 6.48. The van der Waals surface area contributed by atoms with Crippen LogP contribution in [0.5, 0.6) is 5.75 Å². The predicted molar refractivity (Wildman–Crippen MR) is 87.9 cm³/mol. The standard InChI is InChI=1S/C15H21BrCl2O/c1-3-5-6-11(4-2)10-19-15-12(9-16)7-13(17)8-14(15)18/h7-8,11H,3-6,9-10H2,1-2H3. The molecule has 19 heavy (non-hydrogen) atoms. The molecule has 0 spiro atoms. The van der Waals surface area contributed by atoms with Crippen molar-refractivity contribution in [2.45, 2.75) is 44.9 Å². The quantitative estimate of drug-likeness (QED) is 0.477. The van der Waals surface area contributed by atoms with Crippen molar-refractivity contribution in [2.24, 2.45) is 5.92 Å². The van der Waals surface area contributed by atoms with Gasteiger partial charge in [-0.2, -0.15) is 0 Å². The summed E-state index contributed by atoms with van der Waals surface area (Å²) in [5.74, 6) is 1.35. The first-order valence-corrected chi connectivity index (χ1v) is 8.66. The molecule has 0 aliphatic rings. The summed E-state index contributed by atoms with van der Waals surface area (Å²) in [4.78, 5) is 0. The summed E-state index contributed by atoms with van der Waals surface area (Å²) < 4.78 is 5.94. The fourth-order valence-corrected chi connectivity index (χ4v) is 2.98. The summed E-state index contributed by atoms with van der Waals surface area (Å²) in [5.41, 5.74) is 1.00. The van der Waals surface area contributed by atoms with Gasteiger partial charge in [-0.15, -0.1) is 0 Å². The van der Waals surface area contributed by atoms with Gasteiger partial charge in [-0.25, -0.2) is 0 Å². The lowest BCUT2D eigenvalue weighted by Crippen LogP contribution is -2.12. The molecule has 108 valence electrons. The normalized spacial score (nSPS) is 12.5. The zero-order chi connectivity index (χ0) is 14.3. The average molecular weight is 368 g/mol. The van der Waals surface area contributed by atoms with Crippen LogP contribution < -0.4 is 4.74 Å². The molecule has 0 saturated heterocycles. The number of hydrogen-bond donors (Lipinski definition) is 0. The van der Waals surface area contributed by atoms with Crippen LogP contribution in [0.15, 0.2) is 12.1 Å². The van der Waals surface area contributed by atoms with Gasteiger partial charge in [0.1, 0.15) is 5.75 Å². The second-order valence-corrected chi connectivity index (χ2v) is 6.14. The Morgan fingerprint density at radius 2 is 2.00 bits per heavy atom. The van der Waals surface area contributed by atoms with Gasteiger partial charge in [0.05, 0.1) is 11.6 Å². The van der Waals surface area contributed by atoms with Crippen LogP contribution in [0.25, 0.3) is 0 Å². The van der Waals surface area contributed by atoms with Crippen LogP contribution in [0, 0.1) is 5.92 Å². The van der Waals surface area contributed by atoms with Crippen LogP contribution in [-0.4, -0.2) is 6.61 Å². The summed E-state index contributed by atoms with van der Waals surface area (Å²) in [6, 6.07) is 3.63. The van der Waals surface area contributed by atoms with E-state index >= 15 is 0 Å². The zero-order valence-corrected chi connectivity index (χ0v) is 14.6. The van der Waals surface area contributed by atoms with Gasteiger partial charge in [0.15, 0.2) is 0 Å². The fourth-order valence-electron chi connectivity index (χ4n) is 1.97. The van der Waals surface area contributed by atoms with Gasteiger partial charge in [0, 0.05) is 15.9 Å². The Balaban J connectivity index is 2.70. The molecule has 0 saturated carbocycles. The van der Waals surface area contributed by atoms with Crippen LogP contribution in [0.1, 0.15) is 45.1 Å². The molecule has 0 N–H and O–H groups in total. The van der Waals surface area contributed by atoms with E-state index in [1.165, 1.54) is 19.3 Å². The van der Waals surface area contributed by atoms with Gasteiger partial charge in [-0.1, -0.05) is 72.2 Å². The molecule has 1 atom stereocenters. The third-order valence-electron chi connectivity index (χ3n) is 3.24. The zero-order valence-electron chi connectivity index (χ0n) is 11.5. The first-order valence-electron chi connectivity index (χ1n) is 6.79. The Bertz CT molecular complexity index is 396. The SMILES string of the molecule is CCCCC(CC)COc1c(Cl)cc(Cl)cc1CBr. The third kappa shape index (κ3) is 5.53. The molecule has 1 unspecified atom stereocenters. The van der Waals surface area contributed by atoms with Crippen LogP contribution in [0.3, 0.4) is 0 Å². The molecule has 4 heteroatoms. The largest absolute Gasteiger partial charge is 0.491 e. The monoisotopic (exact) mass is 366 g/mol. The summed E-state index contributed by atoms with van der Waals surface area (Å²) in [5, 5.41) is 1.92. The van der Waals surface area contributed by atoms with Crippen molar-refractivity contribution in [3.8, 4) is 5.75 Å². The Kier molecular flexibility index (Phi) is 8.20. The smallest absolute Gasteiger partial charge is 0.142 e. The van der Waals surface area contributed by atoms with Crippen LogP contribution in [0.2, 0.25) is 10.0 Å². The summed E-state index contributed by atoms with van der Waals surface area (Å²) in [7, 11) is 0. The summed E-state index contributed by atoms with van der Waals surface area (Å²) in [6.45, 7) is 5.14. The number of hydrogen-bond acceptors (Lipinski definition) is 1. The second kappa shape index (κ2) is 9.10. The maximum atomic E-state index is 6.21. The van der Waals surface area contributed by atoms with E-state index in [2.05, 4.69) is 29.8 Å². The molecular weight excluding hydrogens is 347 g/mol. The minimum absolute atomic E-state index is 0.590. The minimum atomic E-state index is 0.590. The molecular formula is C15H21BrCl2O. The molecule has 0 aliphatic carbocycles. The lowest BCUT2D eigenvalue weighted by atomic mass is 10.0. The van der Waals surface area contributed by atoms with E-state index in [0.717, 1.165) is 24.3 Å². The molecule has 1 rings (SSSR count). The summed E-state index contributed by atoms with van der Waals surface area (Å²) >= 11 is 15.7. The van der Waals surface area contributed by atoms with E-state index in [9.17, 15) is 0 Å². The molecule has 0 aliphatic heterocycles. The Hall–Kier alpha value is 0.0800. The van der Waals surface area contributed by atoms with Crippen molar-refractivity contribution in [1.82, 2.24) is 0 Å². The first kappa shape index (κ1) is 17.1. The Labute approximate surface area is 134 Å². The topological polar surface area (TPSA) is 9.23 Å². The highest BCUT2D eigenvalue weighted by molar-refractivity contribution is 9.08. The van der Waals surface area contributed by atoms with Crippen LogP contribution >= 0.6 is 39.1 Å². The number of ether oxygens (including phenoxy) is 1. The van der Waals surface area contributed by atoms with Gasteiger partial charge >= 0.3 is 0 Å². The molecule has 1 aromatic carbocycles.